The van der Waals surface area contributed by atoms with E-state index < -0.39 is 0 Å². The van der Waals surface area contributed by atoms with Gasteiger partial charge in [-0.05, 0) is 85.8 Å². The molecule has 4 saturated carbocycles. The molecule has 1 aromatic rings. The highest BCUT2D eigenvalue weighted by Crippen LogP contribution is 2.62. The SMILES string of the molecule is COc1cccc(CC(Cl)C23CC4CC(CC(C4)C2)C3)c1. The molecule has 0 aliphatic heterocycles. The van der Waals surface area contributed by atoms with Crippen LogP contribution >= 0.6 is 11.6 Å². The summed E-state index contributed by atoms with van der Waals surface area (Å²) in [5.74, 6) is 3.87. The van der Waals surface area contributed by atoms with Crippen molar-refractivity contribution in [3.8, 4) is 5.75 Å². The van der Waals surface area contributed by atoms with Gasteiger partial charge in [0.15, 0.2) is 0 Å². The molecule has 0 heterocycles. The summed E-state index contributed by atoms with van der Waals surface area (Å²) < 4.78 is 5.34. The Balaban J connectivity index is 1.53. The maximum Gasteiger partial charge on any atom is 0.119 e. The van der Waals surface area contributed by atoms with Gasteiger partial charge in [0.1, 0.15) is 5.75 Å². The number of ether oxygens (including phenoxy) is 1. The fourth-order valence-corrected chi connectivity index (χ4v) is 6.23. The molecule has 5 rings (SSSR count). The quantitative estimate of drug-likeness (QED) is 0.706. The fourth-order valence-electron chi connectivity index (χ4n) is 5.78. The second-order valence-electron chi connectivity index (χ2n) is 7.80. The zero-order chi connectivity index (χ0) is 14.4. The van der Waals surface area contributed by atoms with Crippen molar-refractivity contribution in [1.29, 1.82) is 0 Å². The van der Waals surface area contributed by atoms with E-state index in [1.165, 1.54) is 44.1 Å². The van der Waals surface area contributed by atoms with Gasteiger partial charge in [0.2, 0.25) is 0 Å². The van der Waals surface area contributed by atoms with Crippen molar-refractivity contribution in [2.75, 3.05) is 7.11 Å². The summed E-state index contributed by atoms with van der Waals surface area (Å²) in [6.45, 7) is 0. The second-order valence-corrected chi connectivity index (χ2v) is 8.33. The molecule has 0 saturated heterocycles. The van der Waals surface area contributed by atoms with Crippen LogP contribution in [0.15, 0.2) is 24.3 Å². The van der Waals surface area contributed by atoms with Crippen LogP contribution in [0.2, 0.25) is 0 Å². The van der Waals surface area contributed by atoms with Crippen molar-refractivity contribution >= 4 is 11.6 Å². The third-order valence-corrected chi connectivity index (χ3v) is 6.92. The summed E-state index contributed by atoms with van der Waals surface area (Å²) in [6, 6.07) is 8.43. The van der Waals surface area contributed by atoms with Crippen LogP contribution < -0.4 is 4.74 Å². The monoisotopic (exact) mass is 304 g/mol. The lowest BCUT2D eigenvalue weighted by Crippen LogP contribution is -2.50. The number of alkyl halides is 1. The van der Waals surface area contributed by atoms with Gasteiger partial charge < -0.3 is 4.74 Å². The minimum atomic E-state index is 0.290. The molecule has 21 heavy (non-hydrogen) atoms. The van der Waals surface area contributed by atoms with Crippen LogP contribution in [0.25, 0.3) is 0 Å². The van der Waals surface area contributed by atoms with E-state index in [2.05, 4.69) is 18.2 Å². The number of methoxy groups -OCH3 is 1. The number of hydrogen-bond acceptors (Lipinski definition) is 1. The zero-order valence-electron chi connectivity index (χ0n) is 12.9. The average molecular weight is 305 g/mol. The lowest BCUT2D eigenvalue weighted by Gasteiger charge is -2.58. The summed E-state index contributed by atoms with van der Waals surface area (Å²) >= 11 is 6.99. The van der Waals surface area contributed by atoms with E-state index >= 15 is 0 Å². The fraction of sp³-hybridized carbons (Fsp3) is 0.684. The molecule has 0 N–H and O–H groups in total. The van der Waals surface area contributed by atoms with Gasteiger partial charge in [0.25, 0.3) is 0 Å². The maximum absolute atomic E-state index is 6.99. The molecule has 0 radical (unpaired) electrons. The Morgan fingerprint density at radius 2 is 1.76 bits per heavy atom. The zero-order valence-corrected chi connectivity index (χ0v) is 13.6. The van der Waals surface area contributed by atoms with E-state index in [9.17, 15) is 0 Å². The van der Waals surface area contributed by atoms with Crippen molar-refractivity contribution in [1.82, 2.24) is 0 Å². The maximum atomic E-state index is 6.99. The van der Waals surface area contributed by atoms with Crippen molar-refractivity contribution in [3.05, 3.63) is 29.8 Å². The summed E-state index contributed by atoms with van der Waals surface area (Å²) in [6.07, 6.45) is 9.61. The van der Waals surface area contributed by atoms with Crippen molar-refractivity contribution < 1.29 is 4.74 Å². The predicted octanol–water partition coefficient (Wildman–Crippen LogP) is 5.06. The van der Waals surface area contributed by atoms with E-state index in [1.807, 2.05) is 6.07 Å². The molecule has 1 unspecified atom stereocenters. The van der Waals surface area contributed by atoms with Gasteiger partial charge in [-0.15, -0.1) is 11.6 Å². The van der Waals surface area contributed by atoms with Crippen molar-refractivity contribution in [2.24, 2.45) is 23.2 Å². The normalized spacial score (nSPS) is 38.5. The van der Waals surface area contributed by atoms with Crippen LogP contribution in [0.5, 0.6) is 5.75 Å². The Morgan fingerprint density at radius 3 is 2.33 bits per heavy atom. The molecule has 0 aromatic heterocycles. The van der Waals surface area contributed by atoms with Gasteiger partial charge in [-0.2, -0.15) is 0 Å². The van der Waals surface area contributed by atoms with E-state index in [-0.39, 0.29) is 5.38 Å². The molecule has 114 valence electrons. The molecule has 2 heteroatoms. The lowest BCUT2D eigenvalue weighted by molar-refractivity contribution is -0.0545. The summed E-state index contributed by atoms with van der Waals surface area (Å²) in [5.41, 5.74) is 1.75. The highest BCUT2D eigenvalue weighted by atomic mass is 35.5. The molecule has 4 fully saturated rings. The molecular formula is C19H25ClO. The topological polar surface area (TPSA) is 9.23 Å². The van der Waals surface area contributed by atoms with Crippen molar-refractivity contribution in [2.45, 2.75) is 50.3 Å². The van der Waals surface area contributed by atoms with Gasteiger partial charge in [-0.1, -0.05) is 12.1 Å². The first-order chi connectivity index (χ1) is 10.2. The van der Waals surface area contributed by atoms with E-state index in [1.54, 1.807) is 7.11 Å². The highest BCUT2D eigenvalue weighted by molar-refractivity contribution is 6.21. The molecule has 4 aliphatic carbocycles. The van der Waals surface area contributed by atoms with E-state index in [0.717, 1.165) is 29.9 Å². The molecular weight excluding hydrogens is 280 g/mol. The summed E-state index contributed by atoms with van der Waals surface area (Å²) in [4.78, 5) is 0. The Kier molecular flexibility index (Phi) is 3.45. The number of rotatable bonds is 4. The molecule has 0 amide bonds. The smallest absolute Gasteiger partial charge is 0.119 e. The van der Waals surface area contributed by atoms with Gasteiger partial charge in [-0.25, -0.2) is 0 Å². The number of halogens is 1. The first kappa shape index (κ1) is 13.9. The lowest BCUT2D eigenvalue weighted by atomic mass is 9.48. The standard InChI is InChI=1S/C19H25ClO/c1-21-17-4-2-3-13(8-17)9-18(20)19-10-14-5-15(11-19)7-16(6-14)12-19/h2-4,8,14-16,18H,5-7,9-12H2,1H3. The van der Waals surface area contributed by atoms with Crippen molar-refractivity contribution in [3.63, 3.8) is 0 Å². The minimum absolute atomic E-state index is 0.290. The van der Waals surface area contributed by atoms with Crippen LogP contribution in [-0.2, 0) is 6.42 Å². The Morgan fingerprint density at radius 1 is 1.14 bits per heavy atom. The first-order valence-electron chi connectivity index (χ1n) is 8.44. The van der Waals surface area contributed by atoms with Crippen LogP contribution in [-0.4, -0.2) is 12.5 Å². The van der Waals surface area contributed by atoms with Crippen LogP contribution in [0.3, 0.4) is 0 Å². The second kappa shape index (κ2) is 5.19. The third kappa shape index (κ3) is 2.48. The van der Waals surface area contributed by atoms with Gasteiger partial charge in [-0.3, -0.25) is 0 Å². The molecule has 1 aromatic carbocycles. The Bertz CT molecular complexity index is 489. The minimum Gasteiger partial charge on any atom is -0.497 e. The molecule has 4 aliphatic rings. The van der Waals surface area contributed by atoms with Crippen LogP contribution in [0, 0.1) is 23.2 Å². The largest absolute Gasteiger partial charge is 0.497 e. The first-order valence-corrected chi connectivity index (χ1v) is 8.87. The molecule has 0 spiro atoms. The molecule has 1 nitrogen and oxygen atoms in total. The van der Waals surface area contributed by atoms with E-state index in [0.29, 0.717) is 5.41 Å². The number of benzene rings is 1. The highest BCUT2D eigenvalue weighted by Gasteiger charge is 2.53. The summed E-state index contributed by atoms with van der Waals surface area (Å²) in [5, 5.41) is 0.290. The molecule has 1 atom stereocenters. The predicted molar refractivity (Wildman–Crippen MR) is 86.9 cm³/mol. The number of hydrogen-bond donors (Lipinski definition) is 0. The average Bonchev–Trinajstić information content (AvgIpc) is 2.46. The Labute approximate surface area is 133 Å². The third-order valence-electron chi connectivity index (χ3n) is 6.30. The summed E-state index contributed by atoms with van der Waals surface area (Å²) in [7, 11) is 1.73. The molecule has 4 bridgehead atoms. The van der Waals surface area contributed by atoms with Crippen LogP contribution in [0.1, 0.15) is 44.1 Å². The van der Waals surface area contributed by atoms with Gasteiger partial charge in [0, 0.05) is 5.38 Å². The van der Waals surface area contributed by atoms with Gasteiger partial charge >= 0.3 is 0 Å². The van der Waals surface area contributed by atoms with Crippen LogP contribution in [0.4, 0.5) is 0 Å². The van der Waals surface area contributed by atoms with Gasteiger partial charge in [0.05, 0.1) is 7.11 Å². The van der Waals surface area contributed by atoms with E-state index in [4.69, 9.17) is 16.3 Å². The Hall–Kier alpha value is -0.690.